The van der Waals surface area contributed by atoms with Gasteiger partial charge < -0.3 is 4.98 Å². The SMILES string of the molecule is O=C(c1cccc2ccccc12)[C@H]1CCCN(Cc2nc3ccccc3[nH]2)C1. The lowest BCUT2D eigenvalue weighted by atomic mass is 9.88. The molecule has 1 fully saturated rings. The van der Waals surface area contributed by atoms with Gasteiger partial charge in [-0.25, -0.2) is 4.98 Å². The van der Waals surface area contributed by atoms with Gasteiger partial charge in [0, 0.05) is 18.0 Å². The van der Waals surface area contributed by atoms with Crippen molar-refractivity contribution in [2.24, 2.45) is 5.92 Å². The number of carbonyl (C=O) groups is 1. The zero-order chi connectivity index (χ0) is 18.9. The Hall–Kier alpha value is -2.98. The molecule has 1 saturated heterocycles. The Morgan fingerprint density at radius 2 is 1.86 bits per heavy atom. The number of ketones is 1. The molecule has 4 nitrogen and oxygen atoms in total. The van der Waals surface area contributed by atoms with E-state index in [1.807, 2.05) is 42.5 Å². The molecule has 4 heteroatoms. The first kappa shape index (κ1) is 17.1. The number of H-pyrrole nitrogens is 1. The van der Waals surface area contributed by atoms with Crippen LogP contribution in [0.5, 0.6) is 0 Å². The van der Waals surface area contributed by atoms with Crippen molar-refractivity contribution in [2.75, 3.05) is 13.1 Å². The van der Waals surface area contributed by atoms with Crippen LogP contribution in [0.25, 0.3) is 21.8 Å². The Balaban J connectivity index is 1.35. The standard InChI is InChI=1S/C24H23N3O/c28-24(20-11-5-8-17-7-1-2-10-19(17)20)18-9-6-14-27(15-18)16-23-25-21-12-3-4-13-22(21)26-23/h1-5,7-8,10-13,18H,6,9,14-16H2,(H,25,26)/t18-/m0/s1. The summed E-state index contributed by atoms with van der Waals surface area (Å²) >= 11 is 0. The molecule has 1 aromatic heterocycles. The second kappa shape index (κ2) is 7.21. The van der Waals surface area contributed by atoms with Gasteiger partial charge in [-0.2, -0.15) is 0 Å². The number of imidazole rings is 1. The second-order valence-corrected chi connectivity index (χ2v) is 7.67. The quantitative estimate of drug-likeness (QED) is 0.525. The van der Waals surface area contributed by atoms with Crippen molar-refractivity contribution >= 4 is 27.6 Å². The number of hydrogen-bond acceptors (Lipinski definition) is 3. The molecule has 0 radical (unpaired) electrons. The fraction of sp³-hybridized carbons (Fsp3) is 0.250. The number of piperidine rings is 1. The lowest BCUT2D eigenvalue weighted by Crippen LogP contribution is -2.38. The highest BCUT2D eigenvalue weighted by atomic mass is 16.1. The van der Waals surface area contributed by atoms with Gasteiger partial charge in [-0.05, 0) is 42.3 Å². The van der Waals surface area contributed by atoms with Crippen molar-refractivity contribution in [3.63, 3.8) is 0 Å². The Bertz CT molecular complexity index is 1110. The van der Waals surface area contributed by atoms with Crippen LogP contribution in [-0.2, 0) is 6.54 Å². The van der Waals surface area contributed by atoms with Crippen molar-refractivity contribution in [1.29, 1.82) is 0 Å². The summed E-state index contributed by atoms with van der Waals surface area (Å²) in [5.41, 5.74) is 2.92. The summed E-state index contributed by atoms with van der Waals surface area (Å²) in [6, 6.07) is 22.3. The van der Waals surface area contributed by atoms with E-state index in [0.717, 1.165) is 65.7 Å². The highest BCUT2D eigenvalue weighted by molar-refractivity contribution is 6.09. The van der Waals surface area contributed by atoms with E-state index in [4.69, 9.17) is 4.98 Å². The van der Waals surface area contributed by atoms with Gasteiger partial charge in [-0.3, -0.25) is 9.69 Å². The molecule has 0 bridgehead atoms. The summed E-state index contributed by atoms with van der Waals surface area (Å²) in [6.45, 7) is 2.56. The van der Waals surface area contributed by atoms with Gasteiger partial charge in [0.25, 0.3) is 0 Å². The average Bonchev–Trinajstić information content (AvgIpc) is 3.15. The molecule has 5 rings (SSSR count). The van der Waals surface area contributed by atoms with E-state index in [1.165, 1.54) is 0 Å². The van der Waals surface area contributed by atoms with Gasteiger partial charge in [0.1, 0.15) is 5.82 Å². The van der Waals surface area contributed by atoms with Gasteiger partial charge in [-0.15, -0.1) is 0 Å². The smallest absolute Gasteiger partial charge is 0.167 e. The number of hydrogen-bond donors (Lipinski definition) is 1. The summed E-state index contributed by atoms with van der Waals surface area (Å²) < 4.78 is 0. The molecule has 2 heterocycles. The topological polar surface area (TPSA) is 49.0 Å². The van der Waals surface area contributed by atoms with Crippen LogP contribution < -0.4 is 0 Å². The Morgan fingerprint density at radius 3 is 2.79 bits per heavy atom. The Morgan fingerprint density at radius 1 is 1.04 bits per heavy atom. The van der Waals surface area contributed by atoms with E-state index in [-0.39, 0.29) is 11.7 Å². The third kappa shape index (κ3) is 3.20. The number of nitrogens with zero attached hydrogens (tertiary/aromatic N) is 2. The molecule has 0 spiro atoms. The third-order valence-corrected chi connectivity index (χ3v) is 5.74. The summed E-state index contributed by atoms with van der Waals surface area (Å²) in [7, 11) is 0. The Labute approximate surface area is 164 Å². The van der Waals surface area contributed by atoms with E-state index in [1.54, 1.807) is 0 Å². The minimum atomic E-state index is 0.0453. The summed E-state index contributed by atoms with van der Waals surface area (Å²) in [4.78, 5) is 23.8. The largest absolute Gasteiger partial charge is 0.341 e. The van der Waals surface area contributed by atoms with Crippen LogP contribution in [0.4, 0.5) is 0 Å². The molecule has 1 aliphatic heterocycles. The van der Waals surface area contributed by atoms with Crippen molar-refractivity contribution in [1.82, 2.24) is 14.9 Å². The number of para-hydroxylation sites is 2. The molecule has 140 valence electrons. The van der Waals surface area contributed by atoms with Crippen LogP contribution in [0.1, 0.15) is 29.0 Å². The highest BCUT2D eigenvalue weighted by Crippen LogP contribution is 2.26. The molecule has 28 heavy (non-hydrogen) atoms. The zero-order valence-electron chi connectivity index (χ0n) is 15.8. The van der Waals surface area contributed by atoms with Gasteiger partial charge in [0.05, 0.1) is 17.6 Å². The molecule has 0 aliphatic carbocycles. The fourth-order valence-electron chi connectivity index (χ4n) is 4.37. The number of aromatic nitrogens is 2. The molecule has 1 N–H and O–H groups in total. The average molecular weight is 369 g/mol. The molecule has 0 amide bonds. The number of nitrogens with one attached hydrogen (secondary N) is 1. The number of benzene rings is 3. The van der Waals surface area contributed by atoms with Crippen molar-refractivity contribution in [2.45, 2.75) is 19.4 Å². The van der Waals surface area contributed by atoms with Crippen LogP contribution in [-0.4, -0.2) is 33.7 Å². The maximum Gasteiger partial charge on any atom is 0.167 e. The number of Topliss-reactive ketones (excluding diaryl/α,β-unsaturated/α-hetero) is 1. The van der Waals surface area contributed by atoms with Crippen molar-refractivity contribution < 1.29 is 4.79 Å². The van der Waals surface area contributed by atoms with Crippen LogP contribution in [0, 0.1) is 5.92 Å². The maximum absolute atomic E-state index is 13.3. The molecule has 1 atom stereocenters. The van der Waals surface area contributed by atoms with Gasteiger partial charge in [-0.1, -0.05) is 54.6 Å². The number of carbonyl (C=O) groups excluding carboxylic acids is 1. The molecular weight excluding hydrogens is 346 g/mol. The first-order valence-corrected chi connectivity index (χ1v) is 9.96. The normalized spacial score (nSPS) is 17.9. The molecule has 4 aromatic rings. The maximum atomic E-state index is 13.3. The van der Waals surface area contributed by atoms with Crippen LogP contribution >= 0.6 is 0 Å². The molecular formula is C24H23N3O. The highest BCUT2D eigenvalue weighted by Gasteiger charge is 2.27. The first-order chi connectivity index (χ1) is 13.8. The third-order valence-electron chi connectivity index (χ3n) is 5.74. The van der Waals surface area contributed by atoms with Crippen LogP contribution in [0.2, 0.25) is 0 Å². The fourth-order valence-corrected chi connectivity index (χ4v) is 4.37. The van der Waals surface area contributed by atoms with Gasteiger partial charge in [0.2, 0.25) is 0 Å². The minimum absolute atomic E-state index is 0.0453. The number of aromatic amines is 1. The lowest BCUT2D eigenvalue weighted by molar-refractivity contribution is 0.0810. The predicted octanol–water partition coefficient (Wildman–Crippen LogP) is 4.81. The monoisotopic (exact) mass is 369 g/mol. The van der Waals surface area contributed by atoms with Gasteiger partial charge in [0.15, 0.2) is 5.78 Å². The Kier molecular flexibility index (Phi) is 4.41. The summed E-state index contributed by atoms with van der Waals surface area (Å²) in [5.74, 6) is 1.29. The predicted molar refractivity (Wildman–Crippen MR) is 112 cm³/mol. The van der Waals surface area contributed by atoms with E-state index in [0.29, 0.717) is 0 Å². The van der Waals surface area contributed by atoms with Gasteiger partial charge >= 0.3 is 0 Å². The molecule has 0 saturated carbocycles. The van der Waals surface area contributed by atoms with Crippen molar-refractivity contribution in [3.8, 4) is 0 Å². The summed E-state index contributed by atoms with van der Waals surface area (Å²) in [5, 5.41) is 2.19. The van der Waals surface area contributed by atoms with E-state index in [9.17, 15) is 4.79 Å². The number of likely N-dealkylation sites (tertiary alicyclic amines) is 1. The van der Waals surface area contributed by atoms with Crippen LogP contribution in [0.15, 0.2) is 66.7 Å². The van der Waals surface area contributed by atoms with E-state index in [2.05, 4.69) is 34.1 Å². The molecule has 3 aromatic carbocycles. The minimum Gasteiger partial charge on any atom is -0.341 e. The van der Waals surface area contributed by atoms with Crippen LogP contribution in [0.3, 0.4) is 0 Å². The zero-order valence-corrected chi connectivity index (χ0v) is 15.8. The summed E-state index contributed by atoms with van der Waals surface area (Å²) in [6.07, 6.45) is 2.00. The lowest BCUT2D eigenvalue weighted by Gasteiger charge is -2.31. The first-order valence-electron chi connectivity index (χ1n) is 9.96. The molecule has 0 unspecified atom stereocenters. The number of fused-ring (bicyclic) bond motifs is 2. The second-order valence-electron chi connectivity index (χ2n) is 7.67. The van der Waals surface area contributed by atoms with Crippen molar-refractivity contribution in [3.05, 3.63) is 78.1 Å². The molecule has 1 aliphatic rings. The van der Waals surface area contributed by atoms with E-state index < -0.39 is 0 Å². The van der Waals surface area contributed by atoms with E-state index >= 15 is 0 Å². The number of rotatable bonds is 4.